The summed E-state index contributed by atoms with van der Waals surface area (Å²) in [7, 11) is -0.0115. The van der Waals surface area contributed by atoms with Gasteiger partial charge in [-0.15, -0.1) is 0 Å². The average molecular weight is 269 g/mol. The molecule has 0 aromatic heterocycles. The van der Waals surface area contributed by atoms with Crippen LogP contribution >= 0.6 is 0 Å². The van der Waals surface area contributed by atoms with E-state index in [1.54, 1.807) is 24.3 Å². The molecular weight excluding hydrogens is 250 g/mol. The second-order valence-electron chi connectivity index (χ2n) is 4.56. The number of ether oxygens (including phenoxy) is 1. The molecule has 0 radical (unpaired) electrons. The lowest BCUT2D eigenvalue weighted by molar-refractivity contribution is 0.402. The van der Waals surface area contributed by atoms with E-state index in [2.05, 4.69) is 5.32 Å². The van der Waals surface area contributed by atoms with Crippen LogP contribution < -0.4 is 10.1 Å². The van der Waals surface area contributed by atoms with E-state index in [1.807, 2.05) is 7.05 Å². The van der Waals surface area contributed by atoms with Gasteiger partial charge in [-0.3, -0.25) is 0 Å². The maximum atomic E-state index is 12.7. The summed E-state index contributed by atoms with van der Waals surface area (Å²) in [4.78, 5) is 0.305. The van der Waals surface area contributed by atoms with Crippen molar-refractivity contribution in [2.45, 2.75) is 35.4 Å². The second kappa shape index (κ2) is 5.28. The number of nitrogens with one attached hydrogen (secondary N) is 1. The summed E-state index contributed by atoms with van der Waals surface area (Å²) in [5.41, 5.74) is 0. The molecule has 2 atom stereocenters. The molecule has 1 aliphatic rings. The van der Waals surface area contributed by atoms with E-state index < -0.39 is 9.84 Å². The van der Waals surface area contributed by atoms with Crippen molar-refractivity contribution in [1.82, 2.24) is 5.32 Å². The van der Waals surface area contributed by atoms with Crippen molar-refractivity contribution in [2.75, 3.05) is 14.2 Å². The van der Waals surface area contributed by atoms with Crippen LogP contribution in [0.3, 0.4) is 0 Å². The number of hydrogen-bond acceptors (Lipinski definition) is 4. The van der Waals surface area contributed by atoms with E-state index in [1.165, 1.54) is 7.11 Å². The molecule has 100 valence electrons. The molecule has 1 aromatic rings. The Morgan fingerprint density at radius 2 is 2.00 bits per heavy atom. The summed E-state index contributed by atoms with van der Waals surface area (Å²) in [6.07, 6.45) is 2.58. The highest BCUT2D eigenvalue weighted by atomic mass is 32.2. The first-order valence-electron chi connectivity index (χ1n) is 6.15. The highest BCUT2D eigenvalue weighted by Gasteiger charge is 2.38. The van der Waals surface area contributed by atoms with Gasteiger partial charge in [0.25, 0.3) is 0 Å². The van der Waals surface area contributed by atoms with Gasteiger partial charge in [0, 0.05) is 6.04 Å². The van der Waals surface area contributed by atoms with Crippen LogP contribution in [0, 0.1) is 0 Å². The Morgan fingerprint density at radius 3 is 2.67 bits per heavy atom. The molecule has 1 aliphatic carbocycles. The fourth-order valence-corrected chi connectivity index (χ4v) is 4.85. The number of rotatable bonds is 4. The summed E-state index contributed by atoms with van der Waals surface area (Å²) in [5.74, 6) is 0.430. The smallest absolute Gasteiger partial charge is 0.186 e. The van der Waals surface area contributed by atoms with Gasteiger partial charge in [-0.25, -0.2) is 8.42 Å². The van der Waals surface area contributed by atoms with Gasteiger partial charge < -0.3 is 10.1 Å². The van der Waals surface area contributed by atoms with Crippen LogP contribution in [0.5, 0.6) is 5.75 Å². The Morgan fingerprint density at radius 1 is 1.28 bits per heavy atom. The molecule has 0 bridgehead atoms. The Balaban J connectivity index is 2.42. The number of para-hydroxylation sites is 1. The van der Waals surface area contributed by atoms with Gasteiger partial charge in [0.05, 0.1) is 12.4 Å². The molecule has 1 fully saturated rings. The third-order valence-corrected chi connectivity index (χ3v) is 5.91. The molecular formula is C13H19NO3S. The molecule has 0 spiro atoms. The molecule has 1 saturated carbocycles. The normalized spacial score (nSPS) is 24.1. The zero-order valence-corrected chi connectivity index (χ0v) is 11.5. The van der Waals surface area contributed by atoms with Crippen LogP contribution in [0.2, 0.25) is 0 Å². The number of sulfone groups is 1. The van der Waals surface area contributed by atoms with Crippen LogP contribution in [0.1, 0.15) is 19.3 Å². The first kappa shape index (κ1) is 13.4. The summed E-state index contributed by atoms with van der Waals surface area (Å²) >= 11 is 0. The van der Waals surface area contributed by atoms with Crippen molar-refractivity contribution >= 4 is 9.84 Å². The van der Waals surface area contributed by atoms with Gasteiger partial charge in [0.1, 0.15) is 10.6 Å². The minimum Gasteiger partial charge on any atom is -0.495 e. The fourth-order valence-electron chi connectivity index (χ4n) is 2.64. The number of hydrogen-bond donors (Lipinski definition) is 1. The van der Waals surface area contributed by atoms with Crippen molar-refractivity contribution < 1.29 is 13.2 Å². The SMILES string of the molecule is CNC1CCCC1S(=O)(=O)c1ccccc1OC. The molecule has 5 heteroatoms. The summed E-state index contributed by atoms with van der Waals surface area (Å²) < 4.78 is 30.5. The first-order chi connectivity index (χ1) is 8.61. The zero-order valence-electron chi connectivity index (χ0n) is 10.7. The van der Waals surface area contributed by atoms with Gasteiger partial charge in [0.2, 0.25) is 0 Å². The predicted octanol–water partition coefficient (Wildman–Crippen LogP) is 1.61. The Labute approximate surface area is 108 Å². The second-order valence-corrected chi connectivity index (χ2v) is 6.70. The Bertz CT molecular complexity index is 513. The van der Waals surface area contributed by atoms with Crippen LogP contribution in [0.15, 0.2) is 29.2 Å². The average Bonchev–Trinajstić information content (AvgIpc) is 2.87. The van der Waals surface area contributed by atoms with Gasteiger partial charge in [0.15, 0.2) is 9.84 Å². The minimum absolute atomic E-state index is 0.0416. The van der Waals surface area contributed by atoms with Crippen molar-refractivity contribution in [3.8, 4) is 5.75 Å². The predicted molar refractivity (Wildman–Crippen MR) is 70.7 cm³/mol. The van der Waals surface area contributed by atoms with Crippen LogP contribution in [-0.4, -0.2) is 33.9 Å². The van der Waals surface area contributed by atoms with Gasteiger partial charge >= 0.3 is 0 Å². The van der Waals surface area contributed by atoms with Crippen LogP contribution in [0.25, 0.3) is 0 Å². The van der Waals surface area contributed by atoms with Gasteiger partial charge in [-0.1, -0.05) is 18.6 Å². The minimum atomic E-state index is -3.33. The fraction of sp³-hybridized carbons (Fsp3) is 0.538. The largest absolute Gasteiger partial charge is 0.495 e. The van der Waals surface area contributed by atoms with Crippen molar-refractivity contribution in [1.29, 1.82) is 0 Å². The first-order valence-corrected chi connectivity index (χ1v) is 7.70. The third kappa shape index (κ3) is 2.24. The molecule has 0 heterocycles. The molecule has 4 nitrogen and oxygen atoms in total. The van der Waals surface area contributed by atoms with Crippen molar-refractivity contribution in [3.05, 3.63) is 24.3 Å². The highest BCUT2D eigenvalue weighted by Crippen LogP contribution is 2.33. The standard InChI is InChI=1S/C13H19NO3S/c1-14-10-6-5-9-12(10)18(15,16)13-8-4-3-7-11(13)17-2/h3-4,7-8,10,12,14H,5-6,9H2,1-2H3. The van der Waals surface area contributed by atoms with Crippen LogP contribution in [0.4, 0.5) is 0 Å². The zero-order chi connectivity index (χ0) is 13.2. The molecule has 0 saturated heterocycles. The van der Waals surface area contributed by atoms with E-state index in [-0.39, 0.29) is 11.3 Å². The lowest BCUT2D eigenvalue weighted by Crippen LogP contribution is -2.38. The molecule has 1 aromatic carbocycles. The Hall–Kier alpha value is -1.07. The number of methoxy groups -OCH3 is 1. The molecule has 0 amide bonds. The monoisotopic (exact) mass is 269 g/mol. The van der Waals surface area contributed by atoms with Crippen molar-refractivity contribution in [3.63, 3.8) is 0 Å². The van der Waals surface area contributed by atoms with Gasteiger partial charge in [-0.05, 0) is 32.0 Å². The maximum absolute atomic E-state index is 12.7. The summed E-state index contributed by atoms with van der Waals surface area (Å²) in [6, 6.07) is 6.87. The van der Waals surface area contributed by atoms with E-state index in [0.29, 0.717) is 17.1 Å². The number of benzene rings is 1. The quantitative estimate of drug-likeness (QED) is 0.902. The molecule has 0 aliphatic heterocycles. The molecule has 18 heavy (non-hydrogen) atoms. The molecule has 2 rings (SSSR count). The van der Waals surface area contributed by atoms with Crippen LogP contribution in [-0.2, 0) is 9.84 Å². The molecule has 2 unspecified atom stereocenters. The van der Waals surface area contributed by atoms with Crippen molar-refractivity contribution in [2.24, 2.45) is 0 Å². The lowest BCUT2D eigenvalue weighted by atomic mass is 10.2. The third-order valence-electron chi connectivity index (χ3n) is 3.60. The van der Waals surface area contributed by atoms with E-state index in [4.69, 9.17) is 4.74 Å². The van der Waals surface area contributed by atoms with Gasteiger partial charge in [-0.2, -0.15) is 0 Å². The molecule has 1 N–H and O–H groups in total. The topological polar surface area (TPSA) is 55.4 Å². The van der Waals surface area contributed by atoms with E-state index in [0.717, 1.165) is 12.8 Å². The highest BCUT2D eigenvalue weighted by molar-refractivity contribution is 7.92. The summed E-state index contributed by atoms with van der Waals surface area (Å²) in [6.45, 7) is 0. The van der Waals surface area contributed by atoms with E-state index >= 15 is 0 Å². The lowest BCUT2D eigenvalue weighted by Gasteiger charge is -2.20. The van der Waals surface area contributed by atoms with E-state index in [9.17, 15) is 8.42 Å². The maximum Gasteiger partial charge on any atom is 0.186 e. The Kier molecular flexibility index (Phi) is 3.92. The summed E-state index contributed by atoms with van der Waals surface area (Å²) in [5, 5.41) is 2.76.